The second-order valence-corrected chi connectivity index (χ2v) is 3.38. The fraction of sp³-hybridized carbons (Fsp3) is 0.222. The highest BCUT2D eigenvalue weighted by atomic mass is 15.6. The fourth-order valence-corrected chi connectivity index (χ4v) is 1.74. The maximum Gasteiger partial charge on any atom is 0.251 e. The fourth-order valence-electron chi connectivity index (χ4n) is 1.74. The number of aromatic nitrogens is 4. The van der Waals surface area contributed by atoms with Gasteiger partial charge in [0, 0.05) is 7.05 Å². The lowest BCUT2D eigenvalue weighted by molar-refractivity contribution is 0.706. The van der Waals surface area contributed by atoms with Crippen molar-refractivity contribution >= 4 is 17.3 Å². The first-order valence-electron chi connectivity index (χ1n) is 4.69. The summed E-state index contributed by atoms with van der Waals surface area (Å²) >= 11 is 0. The highest BCUT2D eigenvalue weighted by molar-refractivity contribution is 5.78. The van der Waals surface area contributed by atoms with Crippen LogP contribution in [0.15, 0.2) is 24.3 Å². The molecule has 0 saturated heterocycles. The smallest absolute Gasteiger partial charge is 0.251 e. The predicted octanol–water partition coefficient (Wildman–Crippen LogP) is 0.731. The van der Waals surface area contributed by atoms with Crippen LogP contribution >= 0.6 is 0 Å². The second-order valence-electron chi connectivity index (χ2n) is 3.38. The van der Waals surface area contributed by atoms with Crippen molar-refractivity contribution in [1.82, 2.24) is 20.2 Å². The number of fused-ring (bicyclic) bond motifs is 1. The second kappa shape index (κ2) is 2.94. The number of benzene rings is 1. The molecule has 1 aromatic heterocycles. The van der Waals surface area contributed by atoms with Gasteiger partial charge in [-0.1, -0.05) is 17.2 Å². The molecule has 15 heavy (non-hydrogen) atoms. The molecule has 1 aliphatic heterocycles. The van der Waals surface area contributed by atoms with Crippen molar-refractivity contribution in [3.63, 3.8) is 0 Å². The van der Waals surface area contributed by atoms with Crippen molar-refractivity contribution < 1.29 is 0 Å². The van der Waals surface area contributed by atoms with E-state index in [1.807, 2.05) is 36.2 Å². The van der Waals surface area contributed by atoms with E-state index in [0.29, 0.717) is 6.67 Å². The van der Waals surface area contributed by atoms with Crippen molar-refractivity contribution in [2.45, 2.75) is 0 Å². The summed E-state index contributed by atoms with van der Waals surface area (Å²) in [4.78, 5) is 2.04. The van der Waals surface area contributed by atoms with Crippen LogP contribution in [0.2, 0.25) is 0 Å². The Balaban J connectivity index is 2.08. The van der Waals surface area contributed by atoms with E-state index >= 15 is 0 Å². The molecular weight excluding hydrogens is 192 g/mol. The Hall–Kier alpha value is -2.11. The van der Waals surface area contributed by atoms with Crippen molar-refractivity contribution in [3.05, 3.63) is 24.3 Å². The Morgan fingerprint density at radius 1 is 1.33 bits per heavy atom. The van der Waals surface area contributed by atoms with Gasteiger partial charge in [-0.25, -0.2) is 4.68 Å². The van der Waals surface area contributed by atoms with E-state index in [4.69, 9.17) is 0 Å². The van der Waals surface area contributed by atoms with E-state index in [0.717, 1.165) is 17.3 Å². The van der Waals surface area contributed by atoms with Gasteiger partial charge in [-0.3, -0.25) is 4.90 Å². The molecule has 0 bridgehead atoms. The van der Waals surface area contributed by atoms with Gasteiger partial charge in [0.25, 0.3) is 5.95 Å². The number of rotatable bonds is 1. The summed E-state index contributed by atoms with van der Waals surface area (Å²) in [6, 6.07) is 8.09. The molecule has 76 valence electrons. The Labute approximate surface area is 86.5 Å². The molecule has 0 spiro atoms. The summed E-state index contributed by atoms with van der Waals surface area (Å²) in [7, 11) is 1.83. The summed E-state index contributed by atoms with van der Waals surface area (Å²) in [6.45, 7) is 0.702. The number of nitrogens with one attached hydrogen (secondary N) is 1. The molecule has 0 aliphatic carbocycles. The summed E-state index contributed by atoms with van der Waals surface area (Å²) < 4.78 is 1.66. The van der Waals surface area contributed by atoms with Crippen LogP contribution in [0.3, 0.4) is 0 Å². The minimum absolute atomic E-state index is 0.702. The quantitative estimate of drug-likeness (QED) is 0.738. The molecule has 6 nitrogen and oxygen atoms in total. The first-order valence-corrected chi connectivity index (χ1v) is 4.69. The number of para-hydroxylation sites is 2. The molecule has 1 aliphatic rings. The van der Waals surface area contributed by atoms with E-state index in [9.17, 15) is 0 Å². The van der Waals surface area contributed by atoms with Crippen molar-refractivity contribution in [3.8, 4) is 0 Å². The van der Waals surface area contributed by atoms with Crippen LogP contribution in [0.1, 0.15) is 0 Å². The van der Waals surface area contributed by atoms with Gasteiger partial charge in [-0.15, -0.1) is 0 Å². The Kier molecular flexibility index (Phi) is 1.61. The van der Waals surface area contributed by atoms with Crippen molar-refractivity contribution in [1.29, 1.82) is 0 Å². The number of hydrogen-bond donors (Lipinski definition) is 1. The molecule has 1 N–H and O–H groups in total. The van der Waals surface area contributed by atoms with Crippen LogP contribution in [0, 0.1) is 0 Å². The van der Waals surface area contributed by atoms with Crippen LogP contribution < -0.4 is 10.2 Å². The molecule has 1 aromatic carbocycles. The summed E-state index contributed by atoms with van der Waals surface area (Å²) in [5.41, 5.74) is 2.22. The molecule has 0 radical (unpaired) electrons. The van der Waals surface area contributed by atoms with E-state index in [1.165, 1.54) is 0 Å². The van der Waals surface area contributed by atoms with E-state index < -0.39 is 0 Å². The third kappa shape index (κ3) is 1.14. The lowest BCUT2D eigenvalue weighted by Gasteiger charge is -2.14. The van der Waals surface area contributed by atoms with Gasteiger partial charge in [0.2, 0.25) is 0 Å². The molecule has 0 saturated carbocycles. The zero-order chi connectivity index (χ0) is 10.3. The van der Waals surface area contributed by atoms with Crippen LogP contribution in [0.25, 0.3) is 0 Å². The molecule has 2 aromatic rings. The molecule has 0 fully saturated rings. The van der Waals surface area contributed by atoms with Gasteiger partial charge < -0.3 is 5.32 Å². The standard InChI is InChI=1S/C9H10N6/c1-14-9(11-12-13-14)15-6-10-7-4-2-3-5-8(7)15/h2-5,10H,6H2,1H3. The van der Waals surface area contributed by atoms with E-state index in [1.54, 1.807) is 4.68 Å². The largest absolute Gasteiger partial charge is 0.366 e. The molecule has 6 heteroatoms. The SMILES string of the molecule is Cn1nnnc1N1CNc2ccccc21. The highest BCUT2D eigenvalue weighted by Gasteiger charge is 2.22. The van der Waals surface area contributed by atoms with Gasteiger partial charge in [-0.05, 0) is 22.6 Å². The van der Waals surface area contributed by atoms with Crippen LogP contribution in [0.5, 0.6) is 0 Å². The molecular formula is C9H10N6. The maximum atomic E-state index is 3.98. The third-order valence-electron chi connectivity index (χ3n) is 2.46. The molecule has 3 rings (SSSR count). The van der Waals surface area contributed by atoms with Crippen LogP contribution in [0.4, 0.5) is 17.3 Å². The lowest BCUT2D eigenvalue weighted by Crippen LogP contribution is -2.20. The number of hydrogen-bond acceptors (Lipinski definition) is 5. The molecule has 2 heterocycles. The van der Waals surface area contributed by atoms with Crippen molar-refractivity contribution in [2.75, 3.05) is 16.9 Å². The Morgan fingerprint density at radius 2 is 2.20 bits per heavy atom. The lowest BCUT2D eigenvalue weighted by atomic mass is 10.3. The topological polar surface area (TPSA) is 58.9 Å². The van der Waals surface area contributed by atoms with E-state index in [2.05, 4.69) is 20.8 Å². The van der Waals surface area contributed by atoms with Gasteiger partial charge in [-0.2, -0.15) is 0 Å². The molecule has 0 atom stereocenters. The third-order valence-corrected chi connectivity index (χ3v) is 2.46. The normalized spacial score (nSPS) is 13.8. The van der Waals surface area contributed by atoms with Gasteiger partial charge in [0.15, 0.2) is 0 Å². The Bertz CT molecular complexity index is 491. The number of nitrogens with zero attached hydrogens (tertiary/aromatic N) is 5. The van der Waals surface area contributed by atoms with Gasteiger partial charge >= 0.3 is 0 Å². The molecule has 0 unspecified atom stereocenters. The summed E-state index contributed by atoms with van der Waals surface area (Å²) in [6.07, 6.45) is 0. The average molecular weight is 202 g/mol. The predicted molar refractivity (Wildman–Crippen MR) is 55.9 cm³/mol. The first-order chi connectivity index (χ1) is 7.36. The number of anilines is 3. The summed E-state index contributed by atoms with van der Waals surface area (Å²) in [5.74, 6) is 0.743. The van der Waals surface area contributed by atoms with E-state index in [-0.39, 0.29) is 0 Å². The number of aryl methyl sites for hydroxylation is 1. The summed E-state index contributed by atoms with van der Waals surface area (Å²) in [5, 5.41) is 14.7. The van der Waals surface area contributed by atoms with Gasteiger partial charge in [0.1, 0.15) is 0 Å². The average Bonchev–Trinajstić information content (AvgIpc) is 2.83. The first kappa shape index (κ1) is 8.22. The number of tetrazole rings is 1. The van der Waals surface area contributed by atoms with Crippen LogP contribution in [-0.4, -0.2) is 26.9 Å². The van der Waals surface area contributed by atoms with Crippen molar-refractivity contribution in [2.24, 2.45) is 7.05 Å². The van der Waals surface area contributed by atoms with Crippen LogP contribution in [-0.2, 0) is 7.05 Å². The van der Waals surface area contributed by atoms with Gasteiger partial charge in [0.05, 0.1) is 18.0 Å². The zero-order valence-electron chi connectivity index (χ0n) is 8.25. The minimum Gasteiger partial charge on any atom is -0.366 e. The molecule has 0 amide bonds. The monoisotopic (exact) mass is 202 g/mol. The minimum atomic E-state index is 0.702. The Morgan fingerprint density at radius 3 is 3.00 bits per heavy atom. The highest BCUT2D eigenvalue weighted by Crippen LogP contribution is 2.34. The maximum absolute atomic E-state index is 3.98. The zero-order valence-corrected chi connectivity index (χ0v) is 8.25.